The van der Waals surface area contributed by atoms with E-state index in [1.807, 2.05) is 0 Å². The number of halogens is 1. The lowest BCUT2D eigenvalue weighted by Crippen LogP contribution is -2.49. The molecule has 0 saturated carbocycles. The summed E-state index contributed by atoms with van der Waals surface area (Å²) < 4.78 is 13.0. The number of benzene rings is 1. The van der Waals surface area contributed by atoms with Gasteiger partial charge in [-0.2, -0.15) is 0 Å². The summed E-state index contributed by atoms with van der Waals surface area (Å²) in [4.78, 5) is 23.0. The second kappa shape index (κ2) is 5.26. The molecule has 1 rings (SSSR count). The second-order valence-electron chi connectivity index (χ2n) is 5.27. The standard InChI is InChI=1S/C13H16FNO4/c1-13(2,3)10(12(18)19)15-11(17)8-6-7(14)4-5-9(8)16/h4-6,10,16H,1-3H3,(H,15,17)(H,18,19)/t10-/m0/s1. The number of phenols is 1. The van der Waals surface area contributed by atoms with Gasteiger partial charge >= 0.3 is 5.97 Å². The first-order chi connectivity index (χ1) is 8.62. The van der Waals surface area contributed by atoms with Gasteiger partial charge in [0.2, 0.25) is 0 Å². The first-order valence-corrected chi connectivity index (χ1v) is 5.65. The second-order valence-corrected chi connectivity index (χ2v) is 5.27. The summed E-state index contributed by atoms with van der Waals surface area (Å²) in [6.07, 6.45) is 0. The van der Waals surface area contributed by atoms with Crippen molar-refractivity contribution in [1.82, 2.24) is 5.32 Å². The minimum Gasteiger partial charge on any atom is -0.507 e. The van der Waals surface area contributed by atoms with Crippen molar-refractivity contribution in [3.05, 3.63) is 29.6 Å². The third kappa shape index (κ3) is 3.67. The molecule has 0 aliphatic carbocycles. The van der Waals surface area contributed by atoms with Crippen molar-refractivity contribution in [2.24, 2.45) is 5.41 Å². The summed E-state index contributed by atoms with van der Waals surface area (Å²) in [6.45, 7) is 4.95. The molecule has 0 saturated heterocycles. The van der Waals surface area contributed by atoms with Gasteiger partial charge in [0.1, 0.15) is 17.6 Å². The molecule has 0 heterocycles. The maximum atomic E-state index is 13.0. The molecule has 1 aromatic rings. The SMILES string of the molecule is CC(C)(C)[C@@H](NC(=O)c1cc(F)ccc1O)C(=O)O. The van der Waals surface area contributed by atoms with Crippen LogP contribution in [0.25, 0.3) is 0 Å². The van der Waals surface area contributed by atoms with E-state index in [1.165, 1.54) is 0 Å². The molecule has 6 heteroatoms. The smallest absolute Gasteiger partial charge is 0.326 e. The monoisotopic (exact) mass is 269 g/mol. The molecule has 0 unspecified atom stereocenters. The number of aliphatic carboxylic acids is 1. The lowest BCUT2D eigenvalue weighted by Gasteiger charge is -2.27. The molecule has 0 aliphatic rings. The van der Waals surface area contributed by atoms with Crippen molar-refractivity contribution in [3.8, 4) is 5.75 Å². The van der Waals surface area contributed by atoms with Crippen LogP contribution in [0.4, 0.5) is 4.39 Å². The van der Waals surface area contributed by atoms with Gasteiger partial charge in [0.15, 0.2) is 0 Å². The van der Waals surface area contributed by atoms with Gasteiger partial charge in [0.25, 0.3) is 5.91 Å². The Kier molecular flexibility index (Phi) is 4.14. The third-order valence-corrected chi connectivity index (χ3v) is 2.59. The summed E-state index contributed by atoms with van der Waals surface area (Å²) in [6, 6.07) is 1.75. The van der Waals surface area contributed by atoms with E-state index in [2.05, 4.69) is 5.32 Å². The van der Waals surface area contributed by atoms with Crippen molar-refractivity contribution < 1.29 is 24.2 Å². The van der Waals surface area contributed by atoms with E-state index in [1.54, 1.807) is 20.8 Å². The number of aromatic hydroxyl groups is 1. The highest BCUT2D eigenvalue weighted by molar-refractivity contribution is 5.98. The summed E-state index contributed by atoms with van der Waals surface area (Å²) >= 11 is 0. The van der Waals surface area contributed by atoms with Crippen LogP contribution in [0, 0.1) is 11.2 Å². The first kappa shape index (κ1) is 14.9. The molecule has 1 atom stereocenters. The molecule has 0 spiro atoms. The number of hydrogen-bond donors (Lipinski definition) is 3. The Bertz CT molecular complexity index is 508. The predicted molar refractivity (Wildman–Crippen MR) is 66.4 cm³/mol. The fourth-order valence-corrected chi connectivity index (χ4v) is 1.55. The molecule has 0 radical (unpaired) electrons. The van der Waals surface area contributed by atoms with Crippen LogP contribution < -0.4 is 5.32 Å². The lowest BCUT2D eigenvalue weighted by atomic mass is 9.86. The molecule has 0 fully saturated rings. The highest BCUT2D eigenvalue weighted by Crippen LogP contribution is 2.22. The Morgan fingerprint density at radius 1 is 1.32 bits per heavy atom. The van der Waals surface area contributed by atoms with Gasteiger partial charge in [-0.1, -0.05) is 20.8 Å². The fourth-order valence-electron chi connectivity index (χ4n) is 1.55. The average molecular weight is 269 g/mol. The maximum absolute atomic E-state index is 13.0. The highest BCUT2D eigenvalue weighted by atomic mass is 19.1. The molecule has 19 heavy (non-hydrogen) atoms. The average Bonchev–Trinajstić information content (AvgIpc) is 2.26. The molecule has 0 aliphatic heterocycles. The number of carbonyl (C=O) groups is 2. The third-order valence-electron chi connectivity index (χ3n) is 2.59. The highest BCUT2D eigenvalue weighted by Gasteiger charge is 2.33. The number of carboxylic acid groups (broad SMARTS) is 1. The number of carbonyl (C=O) groups excluding carboxylic acids is 1. The van der Waals surface area contributed by atoms with Crippen LogP contribution >= 0.6 is 0 Å². The molecule has 1 aromatic carbocycles. The Balaban J connectivity index is 3.01. The number of amides is 1. The van der Waals surface area contributed by atoms with E-state index < -0.39 is 34.9 Å². The van der Waals surface area contributed by atoms with Crippen LogP contribution in [0.5, 0.6) is 5.75 Å². The van der Waals surface area contributed by atoms with Crippen molar-refractivity contribution >= 4 is 11.9 Å². The van der Waals surface area contributed by atoms with Gasteiger partial charge in [0, 0.05) is 0 Å². The maximum Gasteiger partial charge on any atom is 0.326 e. The van der Waals surface area contributed by atoms with E-state index in [9.17, 15) is 19.1 Å². The summed E-state index contributed by atoms with van der Waals surface area (Å²) in [5.41, 5.74) is -1.01. The lowest BCUT2D eigenvalue weighted by molar-refractivity contribution is -0.142. The van der Waals surface area contributed by atoms with Gasteiger partial charge in [-0.25, -0.2) is 9.18 Å². The minimum absolute atomic E-state index is 0.296. The summed E-state index contributed by atoms with van der Waals surface area (Å²) in [5, 5.41) is 20.8. The number of carboxylic acids is 1. The molecule has 104 valence electrons. The largest absolute Gasteiger partial charge is 0.507 e. The molecule has 0 aromatic heterocycles. The van der Waals surface area contributed by atoms with E-state index in [0.717, 1.165) is 18.2 Å². The van der Waals surface area contributed by atoms with Gasteiger partial charge in [-0.15, -0.1) is 0 Å². The van der Waals surface area contributed by atoms with E-state index >= 15 is 0 Å². The summed E-state index contributed by atoms with van der Waals surface area (Å²) in [7, 11) is 0. The molecular weight excluding hydrogens is 253 g/mol. The molecule has 5 nitrogen and oxygen atoms in total. The van der Waals surface area contributed by atoms with Crippen molar-refractivity contribution in [2.45, 2.75) is 26.8 Å². The van der Waals surface area contributed by atoms with E-state index in [4.69, 9.17) is 5.11 Å². The molecule has 3 N–H and O–H groups in total. The predicted octanol–water partition coefficient (Wildman–Crippen LogP) is 1.76. The van der Waals surface area contributed by atoms with Crippen LogP contribution in [-0.2, 0) is 4.79 Å². The Morgan fingerprint density at radius 3 is 2.37 bits per heavy atom. The van der Waals surface area contributed by atoms with Gasteiger partial charge in [0.05, 0.1) is 5.56 Å². The van der Waals surface area contributed by atoms with Crippen LogP contribution in [0.1, 0.15) is 31.1 Å². The van der Waals surface area contributed by atoms with Crippen LogP contribution in [-0.4, -0.2) is 28.1 Å². The normalized spacial score (nSPS) is 12.8. The quantitative estimate of drug-likeness (QED) is 0.780. The van der Waals surface area contributed by atoms with Crippen LogP contribution in [0.3, 0.4) is 0 Å². The number of rotatable bonds is 3. The Labute approximate surface area is 110 Å². The van der Waals surface area contributed by atoms with Crippen LogP contribution in [0.15, 0.2) is 18.2 Å². The van der Waals surface area contributed by atoms with Crippen molar-refractivity contribution in [1.29, 1.82) is 0 Å². The van der Waals surface area contributed by atoms with Gasteiger partial charge < -0.3 is 15.5 Å². The van der Waals surface area contributed by atoms with Crippen LogP contribution in [0.2, 0.25) is 0 Å². The van der Waals surface area contributed by atoms with Crippen molar-refractivity contribution in [2.75, 3.05) is 0 Å². The summed E-state index contributed by atoms with van der Waals surface area (Å²) in [5.74, 6) is -3.13. The number of nitrogens with one attached hydrogen (secondary N) is 1. The molecule has 0 bridgehead atoms. The Hall–Kier alpha value is -2.11. The topological polar surface area (TPSA) is 86.6 Å². The number of hydrogen-bond acceptors (Lipinski definition) is 3. The van der Waals surface area contributed by atoms with E-state index in [0.29, 0.717) is 0 Å². The zero-order chi connectivity index (χ0) is 14.8. The van der Waals surface area contributed by atoms with Gasteiger partial charge in [-0.3, -0.25) is 4.79 Å². The fraction of sp³-hybridized carbons (Fsp3) is 0.385. The van der Waals surface area contributed by atoms with E-state index in [-0.39, 0.29) is 5.56 Å². The zero-order valence-electron chi connectivity index (χ0n) is 10.9. The number of phenolic OH excluding ortho intramolecular Hbond substituents is 1. The zero-order valence-corrected chi connectivity index (χ0v) is 10.9. The first-order valence-electron chi connectivity index (χ1n) is 5.65. The minimum atomic E-state index is -1.20. The van der Waals surface area contributed by atoms with Crippen molar-refractivity contribution in [3.63, 3.8) is 0 Å². The Morgan fingerprint density at radius 2 is 1.89 bits per heavy atom. The molecule has 1 amide bonds. The molecular formula is C13H16FNO4. The van der Waals surface area contributed by atoms with Gasteiger partial charge in [-0.05, 0) is 23.6 Å².